The minimum absolute atomic E-state index is 0.0523. The Morgan fingerprint density at radius 2 is 1.95 bits per heavy atom. The van der Waals surface area contributed by atoms with Gasteiger partial charge in [-0.1, -0.05) is 37.6 Å². The molecular weight excluding hydrogens is 272 g/mol. The van der Waals surface area contributed by atoms with Gasteiger partial charge in [0.05, 0.1) is 36.8 Å². The minimum atomic E-state index is 0.0523. The molecule has 20 heavy (non-hydrogen) atoms. The summed E-state index contributed by atoms with van der Waals surface area (Å²) in [7, 11) is 0. The molecule has 0 bridgehead atoms. The van der Waals surface area contributed by atoms with Gasteiger partial charge in [0, 0.05) is 11.8 Å². The largest absolute Gasteiger partial charge is 0.334 e. The highest BCUT2D eigenvalue weighted by Crippen LogP contribution is 2.20. The summed E-state index contributed by atoms with van der Waals surface area (Å²) in [5.41, 5.74) is 0.703. The predicted molar refractivity (Wildman–Crippen MR) is 83.2 cm³/mol. The summed E-state index contributed by atoms with van der Waals surface area (Å²) in [6.45, 7) is 7.89. The molecule has 0 radical (unpaired) electrons. The molecule has 0 spiro atoms. The lowest BCUT2D eigenvalue weighted by Gasteiger charge is -2.31. The van der Waals surface area contributed by atoms with Crippen LogP contribution in [0.25, 0.3) is 0 Å². The van der Waals surface area contributed by atoms with Gasteiger partial charge in [-0.2, -0.15) is 0 Å². The fourth-order valence-electron chi connectivity index (χ4n) is 3.19. The maximum Gasteiger partial charge on any atom is 0.230 e. The predicted octanol–water partition coefficient (Wildman–Crippen LogP) is 2.23. The maximum atomic E-state index is 12.0. The minimum Gasteiger partial charge on any atom is -0.334 e. The summed E-state index contributed by atoms with van der Waals surface area (Å²) >= 11 is 6.04. The third-order valence-electron chi connectivity index (χ3n) is 3.93. The number of piperidine rings is 1. The van der Waals surface area contributed by atoms with Crippen LogP contribution in [-0.2, 0) is 4.79 Å². The van der Waals surface area contributed by atoms with Crippen LogP contribution < -0.4 is 10.2 Å². The first-order valence-electron chi connectivity index (χ1n) is 7.42. The zero-order chi connectivity index (χ0) is 14.5. The van der Waals surface area contributed by atoms with Gasteiger partial charge >= 0.3 is 0 Å². The lowest BCUT2D eigenvalue weighted by Crippen LogP contribution is -3.14. The van der Waals surface area contributed by atoms with Crippen LogP contribution in [0.4, 0.5) is 5.69 Å². The van der Waals surface area contributed by atoms with Gasteiger partial charge in [-0.15, -0.1) is 0 Å². The summed E-state index contributed by atoms with van der Waals surface area (Å²) in [6.07, 6.45) is 1.87. The molecule has 1 heterocycles. The molecule has 1 aliphatic heterocycles. The van der Waals surface area contributed by atoms with Crippen molar-refractivity contribution in [3.05, 3.63) is 29.3 Å². The number of rotatable bonds is 4. The van der Waals surface area contributed by atoms with Crippen molar-refractivity contribution < 1.29 is 9.69 Å². The lowest BCUT2D eigenvalue weighted by atomic mass is 9.92. The summed E-state index contributed by atoms with van der Waals surface area (Å²) in [4.78, 5) is 13.5. The number of quaternary nitrogens is 1. The van der Waals surface area contributed by atoms with Crippen molar-refractivity contribution in [3.8, 4) is 0 Å². The topological polar surface area (TPSA) is 33.5 Å². The molecule has 3 nitrogen and oxygen atoms in total. The van der Waals surface area contributed by atoms with Crippen molar-refractivity contribution in [3.63, 3.8) is 0 Å². The number of carbonyl (C=O) groups excluding carboxylic acids is 1. The Balaban J connectivity index is 1.79. The van der Waals surface area contributed by atoms with Gasteiger partial charge in [0.15, 0.2) is 0 Å². The third kappa shape index (κ3) is 4.50. The van der Waals surface area contributed by atoms with E-state index in [0.29, 0.717) is 17.1 Å². The molecule has 2 atom stereocenters. The van der Waals surface area contributed by atoms with Crippen molar-refractivity contribution in [2.75, 3.05) is 25.0 Å². The van der Waals surface area contributed by atoms with E-state index in [-0.39, 0.29) is 5.91 Å². The Morgan fingerprint density at radius 1 is 1.30 bits per heavy atom. The lowest BCUT2D eigenvalue weighted by molar-refractivity contribution is -0.911. The molecule has 1 aromatic rings. The SMILES string of the molecule is C[C@@H]1C[C@@H](C)C[NH+](CCC(=O)Nc2ccccc2Cl)C1. The number of likely N-dealkylation sites (tertiary alicyclic amines) is 1. The molecule has 0 aliphatic carbocycles. The van der Waals surface area contributed by atoms with Crippen molar-refractivity contribution in [2.24, 2.45) is 11.8 Å². The molecule has 0 saturated carbocycles. The number of carbonyl (C=O) groups is 1. The van der Waals surface area contributed by atoms with E-state index in [2.05, 4.69) is 19.2 Å². The van der Waals surface area contributed by atoms with Crippen LogP contribution in [0.1, 0.15) is 26.7 Å². The van der Waals surface area contributed by atoms with E-state index < -0.39 is 0 Å². The second-order valence-corrected chi connectivity index (χ2v) is 6.54. The number of nitrogens with one attached hydrogen (secondary N) is 2. The number of benzene rings is 1. The molecule has 1 aromatic carbocycles. The highest BCUT2D eigenvalue weighted by atomic mass is 35.5. The molecule has 1 saturated heterocycles. The average molecular weight is 296 g/mol. The molecule has 110 valence electrons. The first-order valence-corrected chi connectivity index (χ1v) is 7.80. The Kier molecular flexibility index (Phi) is 5.44. The fraction of sp³-hybridized carbons (Fsp3) is 0.562. The van der Waals surface area contributed by atoms with Gasteiger partial charge in [0.25, 0.3) is 0 Å². The number of para-hydroxylation sites is 1. The maximum absolute atomic E-state index is 12.0. The standard InChI is InChI=1S/C16H23ClN2O/c1-12-9-13(2)11-19(10-12)8-7-16(20)18-15-6-4-3-5-14(15)17/h3-6,12-13H,7-11H2,1-2H3,(H,18,20)/p+1/t12-,13-/m1/s1. The number of amides is 1. The van der Waals surface area contributed by atoms with E-state index in [1.165, 1.54) is 19.5 Å². The van der Waals surface area contributed by atoms with Crippen LogP contribution >= 0.6 is 11.6 Å². The van der Waals surface area contributed by atoms with Gasteiger partial charge in [0.2, 0.25) is 5.91 Å². The van der Waals surface area contributed by atoms with Gasteiger partial charge in [0.1, 0.15) is 0 Å². The van der Waals surface area contributed by atoms with Crippen LogP contribution in [0.2, 0.25) is 5.02 Å². The van der Waals surface area contributed by atoms with E-state index in [9.17, 15) is 4.79 Å². The molecule has 1 amide bonds. The van der Waals surface area contributed by atoms with Crippen LogP contribution in [0.15, 0.2) is 24.3 Å². The van der Waals surface area contributed by atoms with Crippen LogP contribution in [0.5, 0.6) is 0 Å². The monoisotopic (exact) mass is 295 g/mol. The van der Waals surface area contributed by atoms with Gasteiger partial charge in [-0.25, -0.2) is 0 Å². The molecule has 1 aliphatic rings. The summed E-state index contributed by atoms with van der Waals surface area (Å²) in [5.74, 6) is 1.58. The first kappa shape index (κ1) is 15.3. The van der Waals surface area contributed by atoms with Gasteiger partial charge in [-0.3, -0.25) is 4.79 Å². The van der Waals surface area contributed by atoms with Crippen LogP contribution in [-0.4, -0.2) is 25.5 Å². The molecule has 1 fully saturated rings. The molecule has 4 heteroatoms. The summed E-state index contributed by atoms with van der Waals surface area (Å²) < 4.78 is 0. The highest BCUT2D eigenvalue weighted by Gasteiger charge is 2.25. The van der Waals surface area contributed by atoms with Crippen molar-refractivity contribution in [2.45, 2.75) is 26.7 Å². The Hall–Kier alpha value is -1.06. The molecular formula is C16H24ClN2O+. The van der Waals surface area contributed by atoms with E-state index >= 15 is 0 Å². The van der Waals surface area contributed by atoms with Gasteiger partial charge in [-0.05, 0) is 18.6 Å². The van der Waals surface area contributed by atoms with Crippen molar-refractivity contribution in [1.82, 2.24) is 0 Å². The fourth-order valence-corrected chi connectivity index (χ4v) is 3.38. The molecule has 2 N–H and O–H groups in total. The second-order valence-electron chi connectivity index (χ2n) is 6.13. The molecule has 0 aromatic heterocycles. The number of anilines is 1. The van der Waals surface area contributed by atoms with E-state index in [1.807, 2.05) is 18.2 Å². The smallest absolute Gasteiger partial charge is 0.230 e. The zero-order valence-corrected chi connectivity index (χ0v) is 13.0. The summed E-state index contributed by atoms with van der Waals surface area (Å²) in [6, 6.07) is 7.36. The van der Waals surface area contributed by atoms with Gasteiger partial charge < -0.3 is 10.2 Å². The highest BCUT2D eigenvalue weighted by molar-refractivity contribution is 6.33. The van der Waals surface area contributed by atoms with E-state index in [0.717, 1.165) is 18.4 Å². The molecule has 2 rings (SSSR count). The van der Waals surface area contributed by atoms with E-state index in [1.54, 1.807) is 11.0 Å². The Labute approximate surface area is 126 Å². The third-order valence-corrected chi connectivity index (χ3v) is 4.26. The van der Waals surface area contributed by atoms with Crippen LogP contribution in [0, 0.1) is 11.8 Å². The normalized spacial score (nSPS) is 26.2. The Morgan fingerprint density at radius 3 is 2.60 bits per heavy atom. The first-order chi connectivity index (χ1) is 9.54. The quantitative estimate of drug-likeness (QED) is 0.877. The summed E-state index contributed by atoms with van der Waals surface area (Å²) in [5, 5.41) is 3.48. The average Bonchev–Trinajstić information content (AvgIpc) is 2.38. The second kappa shape index (κ2) is 7.09. The van der Waals surface area contributed by atoms with E-state index in [4.69, 9.17) is 11.6 Å². The van der Waals surface area contributed by atoms with Crippen molar-refractivity contribution in [1.29, 1.82) is 0 Å². The Bertz CT molecular complexity index is 454. The zero-order valence-electron chi connectivity index (χ0n) is 12.3. The van der Waals surface area contributed by atoms with Crippen molar-refractivity contribution >= 4 is 23.2 Å². The number of halogens is 1. The molecule has 0 unspecified atom stereocenters. The number of hydrogen-bond acceptors (Lipinski definition) is 1. The van der Waals surface area contributed by atoms with Crippen LogP contribution in [0.3, 0.4) is 0 Å². The number of hydrogen-bond donors (Lipinski definition) is 2.